The van der Waals surface area contributed by atoms with Crippen LogP contribution in [0.3, 0.4) is 0 Å². The second-order valence-electron chi connectivity index (χ2n) is 4.05. The van der Waals surface area contributed by atoms with E-state index in [-0.39, 0.29) is 6.61 Å². The molecule has 0 bridgehead atoms. The van der Waals surface area contributed by atoms with Crippen LogP contribution in [0, 0.1) is 5.82 Å². The third-order valence-electron chi connectivity index (χ3n) is 2.74. The Kier molecular flexibility index (Phi) is 4.58. The van der Waals surface area contributed by atoms with Crippen molar-refractivity contribution in [3.8, 4) is 11.5 Å². The summed E-state index contributed by atoms with van der Waals surface area (Å²) in [7, 11) is 1.52. The highest BCUT2D eigenvalue weighted by Crippen LogP contribution is 2.26. The fourth-order valence-electron chi connectivity index (χ4n) is 1.67. The maximum absolute atomic E-state index is 13.1. The van der Waals surface area contributed by atoms with Crippen molar-refractivity contribution >= 4 is 17.9 Å². The van der Waals surface area contributed by atoms with Crippen LogP contribution in [0.2, 0.25) is 5.02 Å². The predicted molar refractivity (Wildman–Crippen MR) is 74.1 cm³/mol. The van der Waals surface area contributed by atoms with Crippen LogP contribution in [-0.2, 0) is 6.61 Å². The molecule has 0 fully saturated rings. The first kappa shape index (κ1) is 14.3. The zero-order valence-electron chi connectivity index (χ0n) is 10.7. The maximum atomic E-state index is 13.1. The van der Waals surface area contributed by atoms with E-state index in [2.05, 4.69) is 0 Å². The topological polar surface area (TPSA) is 35.5 Å². The van der Waals surface area contributed by atoms with E-state index >= 15 is 0 Å². The van der Waals surface area contributed by atoms with Gasteiger partial charge >= 0.3 is 0 Å². The molecule has 5 heteroatoms. The molecule has 0 amide bonds. The number of ether oxygens (including phenoxy) is 2. The maximum Gasteiger partial charge on any atom is 0.153 e. The van der Waals surface area contributed by atoms with Gasteiger partial charge in [-0.1, -0.05) is 11.6 Å². The molecular weight excluding hydrogens is 283 g/mol. The fourth-order valence-corrected chi connectivity index (χ4v) is 1.85. The first-order valence-electron chi connectivity index (χ1n) is 5.84. The highest BCUT2D eigenvalue weighted by atomic mass is 35.5. The van der Waals surface area contributed by atoms with Gasteiger partial charge in [-0.15, -0.1) is 0 Å². The molecule has 0 saturated heterocycles. The van der Waals surface area contributed by atoms with Crippen molar-refractivity contribution < 1.29 is 18.7 Å². The van der Waals surface area contributed by atoms with Gasteiger partial charge in [0.15, 0.2) is 6.29 Å². The number of halogens is 2. The second kappa shape index (κ2) is 6.39. The summed E-state index contributed by atoms with van der Waals surface area (Å²) < 4.78 is 23.7. The Bertz CT molecular complexity index is 629. The lowest BCUT2D eigenvalue weighted by Gasteiger charge is -2.11. The van der Waals surface area contributed by atoms with E-state index in [9.17, 15) is 9.18 Å². The largest absolute Gasteiger partial charge is 0.497 e. The van der Waals surface area contributed by atoms with Gasteiger partial charge in [0, 0.05) is 16.7 Å². The van der Waals surface area contributed by atoms with Crippen molar-refractivity contribution in [1.82, 2.24) is 0 Å². The van der Waals surface area contributed by atoms with Crippen LogP contribution in [0.1, 0.15) is 15.9 Å². The average Bonchev–Trinajstić information content (AvgIpc) is 2.47. The Morgan fingerprint density at radius 1 is 1.25 bits per heavy atom. The molecule has 0 aliphatic heterocycles. The summed E-state index contributed by atoms with van der Waals surface area (Å²) in [5, 5.41) is 0.405. The zero-order valence-corrected chi connectivity index (χ0v) is 11.5. The zero-order chi connectivity index (χ0) is 14.5. The summed E-state index contributed by atoms with van der Waals surface area (Å²) in [6.07, 6.45) is 0.682. The summed E-state index contributed by atoms with van der Waals surface area (Å²) in [5.41, 5.74) is 0.893. The first-order chi connectivity index (χ1) is 9.63. The summed E-state index contributed by atoms with van der Waals surface area (Å²) in [6.45, 7) is 0.0601. The molecule has 0 spiro atoms. The van der Waals surface area contributed by atoms with Crippen LogP contribution in [0.5, 0.6) is 11.5 Å². The second-order valence-corrected chi connectivity index (χ2v) is 4.45. The first-order valence-corrected chi connectivity index (χ1v) is 6.22. The van der Waals surface area contributed by atoms with Gasteiger partial charge in [-0.2, -0.15) is 0 Å². The van der Waals surface area contributed by atoms with Crippen LogP contribution >= 0.6 is 11.6 Å². The molecule has 2 rings (SSSR count). The predicted octanol–water partition coefficient (Wildman–Crippen LogP) is 3.88. The van der Waals surface area contributed by atoms with E-state index in [4.69, 9.17) is 21.1 Å². The van der Waals surface area contributed by atoms with Crippen LogP contribution in [-0.4, -0.2) is 13.4 Å². The smallest absolute Gasteiger partial charge is 0.153 e. The van der Waals surface area contributed by atoms with Crippen molar-refractivity contribution in [3.05, 3.63) is 58.4 Å². The number of methoxy groups -OCH3 is 1. The lowest BCUT2D eigenvalue weighted by Crippen LogP contribution is -2.00. The minimum Gasteiger partial charge on any atom is -0.497 e. The quantitative estimate of drug-likeness (QED) is 0.785. The lowest BCUT2D eigenvalue weighted by atomic mass is 10.2. The van der Waals surface area contributed by atoms with E-state index in [1.165, 1.54) is 25.3 Å². The standard InChI is InChI=1S/C15H12ClFO3/c1-19-13-4-2-10(8-18)15(7-13)20-9-11-6-12(17)3-5-14(11)16/h2-8H,9H2,1H3. The van der Waals surface area contributed by atoms with E-state index in [1.54, 1.807) is 18.2 Å². The molecule has 0 aromatic heterocycles. The number of carbonyl (C=O) groups is 1. The number of hydrogen-bond donors (Lipinski definition) is 0. The van der Waals surface area contributed by atoms with Crippen LogP contribution in [0.15, 0.2) is 36.4 Å². The Morgan fingerprint density at radius 3 is 2.75 bits per heavy atom. The molecule has 0 heterocycles. The number of carbonyl (C=O) groups excluding carboxylic acids is 1. The highest BCUT2D eigenvalue weighted by molar-refractivity contribution is 6.31. The lowest BCUT2D eigenvalue weighted by molar-refractivity contribution is 0.111. The molecule has 104 valence electrons. The van der Waals surface area contributed by atoms with Gasteiger partial charge in [-0.05, 0) is 30.3 Å². The molecule has 0 saturated carbocycles. The normalized spacial score (nSPS) is 10.2. The minimum absolute atomic E-state index is 0.0601. The summed E-state index contributed by atoms with van der Waals surface area (Å²) >= 11 is 5.95. The summed E-state index contributed by atoms with van der Waals surface area (Å²) in [5.74, 6) is 0.532. The Hall–Kier alpha value is -2.07. The van der Waals surface area contributed by atoms with E-state index in [0.29, 0.717) is 33.9 Å². The summed E-state index contributed by atoms with van der Waals surface area (Å²) in [4.78, 5) is 11.0. The van der Waals surface area contributed by atoms with Crippen molar-refractivity contribution in [1.29, 1.82) is 0 Å². The van der Waals surface area contributed by atoms with Crippen LogP contribution in [0.4, 0.5) is 4.39 Å². The molecule has 20 heavy (non-hydrogen) atoms. The molecule has 0 atom stereocenters. The third-order valence-corrected chi connectivity index (χ3v) is 3.11. The van der Waals surface area contributed by atoms with Gasteiger partial charge in [0.2, 0.25) is 0 Å². The Morgan fingerprint density at radius 2 is 2.05 bits per heavy atom. The number of aldehydes is 1. The van der Waals surface area contributed by atoms with Crippen molar-refractivity contribution in [2.24, 2.45) is 0 Å². The summed E-state index contributed by atoms with van der Waals surface area (Å²) in [6, 6.07) is 8.87. The molecule has 0 aliphatic rings. The van der Waals surface area contributed by atoms with Gasteiger partial charge in [-0.3, -0.25) is 4.79 Å². The molecule has 3 nitrogen and oxygen atoms in total. The number of hydrogen-bond acceptors (Lipinski definition) is 3. The van der Waals surface area contributed by atoms with E-state index in [0.717, 1.165) is 0 Å². The van der Waals surface area contributed by atoms with Crippen LogP contribution in [0.25, 0.3) is 0 Å². The molecule has 2 aromatic carbocycles. The van der Waals surface area contributed by atoms with Crippen molar-refractivity contribution in [2.45, 2.75) is 6.61 Å². The van der Waals surface area contributed by atoms with Crippen molar-refractivity contribution in [2.75, 3.05) is 7.11 Å². The number of rotatable bonds is 5. The van der Waals surface area contributed by atoms with Gasteiger partial charge in [0.1, 0.15) is 23.9 Å². The molecule has 2 aromatic rings. The Labute approximate surface area is 120 Å². The minimum atomic E-state index is -0.394. The van der Waals surface area contributed by atoms with Gasteiger partial charge < -0.3 is 9.47 Å². The Balaban J connectivity index is 2.21. The average molecular weight is 295 g/mol. The monoisotopic (exact) mass is 294 g/mol. The molecule has 0 radical (unpaired) electrons. The van der Waals surface area contributed by atoms with E-state index in [1.807, 2.05) is 0 Å². The van der Waals surface area contributed by atoms with Gasteiger partial charge in [0.25, 0.3) is 0 Å². The SMILES string of the molecule is COc1ccc(C=O)c(OCc2cc(F)ccc2Cl)c1. The van der Waals surface area contributed by atoms with Gasteiger partial charge in [0.05, 0.1) is 12.7 Å². The molecular formula is C15H12ClFO3. The molecule has 0 aliphatic carbocycles. The molecule has 0 unspecified atom stereocenters. The highest BCUT2D eigenvalue weighted by Gasteiger charge is 2.08. The number of benzene rings is 2. The van der Waals surface area contributed by atoms with E-state index < -0.39 is 5.82 Å². The molecule has 0 N–H and O–H groups in total. The van der Waals surface area contributed by atoms with Crippen LogP contribution < -0.4 is 9.47 Å². The van der Waals surface area contributed by atoms with Gasteiger partial charge in [-0.25, -0.2) is 4.39 Å². The van der Waals surface area contributed by atoms with Crippen molar-refractivity contribution in [3.63, 3.8) is 0 Å². The fraction of sp³-hybridized carbons (Fsp3) is 0.133. The third kappa shape index (κ3) is 3.27.